The molecule has 0 saturated carbocycles. The Morgan fingerprint density at radius 3 is 0.631 bits per heavy atom. The number of hydrogen-bond donors (Lipinski definition) is 0. The van der Waals surface area contributed by atoms with Crippen LogP contribution in [0.15, 0.2) is 228 Å². The summed E-state index contributed by atoms with van der Waals surface area (Å²) < 4.78 is 18.3. The molecule has 111 heavy (non-hydrogen) atoms. The molecular formula is C94H134Al2N4O6P2S2Zn. The van der Waals surface area contributed by atoms with E-state index in [9.17, 15) is 9.79 Å². The molecule has 0 aliphatic rings. The number of para-hydroxylation sites is 4. The van der Waals surface area contributed by atoms with Gasteiger partial charge >= 0.3 is 54.2 Å². The fourth-order valence-corrected chi connectivity index (χ4v) is 11.6. The molecule has 0 N–H and O–H groups in total. The largest absolute Gasteiger partial charge is 3.00 e. The molecule has 17 heteroatoms. The summed E-state index contributed by atoms with van der Waals surface area (Å²) in [6.45, 7) is 61.3. The molecule has 10 nitrogen and oxygen atoms in total. The van der Waals surface area contributed by atoms with E-state index in [0.717, 1.165) is 45.6 Å². The minimum Gasteiger partial charge on any atom is -2.00 e. The third-order valence-electron chi connectivity index (χ3n) is 16.1. The summed E-state index contributed by atoms with van der Waals surface area (Å²) in [5.41, 5.74) is 24.2. The van der Waals surface area contributed by atoms with Crippen LogP contribution in [0.25, 0.3) is 10.6 Å². The van der Waals surface area contributed by atoms with E-state index in [1.807, 2.05) is 72.8 Å². The third-order valence-corrected chi connectivity index (χ3v) is 17.9. The molecule has 0 bridgehead atoms. The summed E-state index contributed by atoms with van der Waals surface area (Å²) in [4.78, 5) is 30.9. The Bertz CT molecular complexity index is 3350. The Morgan fingerprint density at radius 1 is 0.315 bits per heavy atom. The smallest absolute Gasteiger partial charge is 2.00 e. The predicted octanol–water partition coefficient (Wildman–Crippen LogP) is 28.3. The van der Waals surface area contributed by atoms with Crippen LogP contribution in [0.2, 0.25) is 0 Å². The van der Waals surface area contributed by atoms with Gasteiger partial charge in [-0.2, -0.15) is 11.4 Å². The zero-order valence-electron chi connectivity index (χ0n) is 72.9. The second kappa shape index (κ2) is 66.3. The van der Waals surface area contributed by atoms with Gasteiger partial charge in [0.2, 0.25) is 0 Å². The first-order valence-electron chi connectivity index (χ1n) is 38.2. The summed E-state index contributed by atoms with van der Waals surface area (Å²) in [6.07, 6.45) is 4.23. The quantitative estimate of drug-likeness (QED) is 0.0336. The number of aryl methyl sites for hydroxylation is 4. The number of nitrogens with zero attached hydrogens (tertiary/aromatic N) is 4. The van der Waals surface area contributed by atoms with Gasteiger partial charge in [-0.3, -0.25) is 9.98 Å². The molecule has 0 aromatic heterocycles. The molecule has 0 radical (unpaired) electrons. The first kappa shape index (κ1) is 115. The molecule has 0 unspecified atom stereocenters. The summed E-state index contributed by atoms with van der Waals surface area (Å²) >= 11 is 0. The Balaban J connectivity index is -0.000000426. The normalized spacial score (nSPS) is 11.0. The number of allylic oxidation sites excluding steroid dienone is 4. The Hall–Kier alpha value is -4.81. The first-order valence-corrected chi connectivity index (χ1v) is 40.4. The second-order valence-corrected chi connectivity index (χ2v) is 30.3. The van der Waals surface area contributed by atoms with Crippen molar-refractivity contribution < 1.29 is 47.4 Å². The Kier molecular flexibility index (Phi) is 68.6. The van der Waals surface area contributed by atoms with Crippen molar-refractivity contribution in [1.82, 2.24) is 0 Å². The van der Waals surface area contributed by atoms with Crippen LogP contribution in [0.5, 0.6) is 0 Å². The van der Waals surface area contributed by atoms with E-state index in [-0.39, 0.29) is 81.2 Å². The van der Waals surface area contributed by atoms with Gasteiger partial charge in [-0.1, -0.05) is 375 Å². The summed E-state index contributed by atoms with van der Waals surface area (Å²) in [5, 5.41) is 10.2. The van der Waals surface area contributed by atoms with E-state index >= 15 is 0 Å². The van der Waals surface area contributed by atoms with Gasteiger partial charge in [0.1, 0.15) is 0 Å². The van der Waals surface area contributed by atoms with Crippen LogP contribution in [0, 0.1) is 27.7 Å². The topological polar surface area (TPSA) is 136 Å². The standard InChI is InChI=1S/2C29H41N2.4C7H8.2C4H10O3P.2Al.2S.Zn/c2*1-18(2)24-13-11-14-25(19(3)4)28(24)30-22(9)17-23(10)31-29-26(20(5)6)15-12-16-27(29)21(7)8;4*1-7-5-3-2-4-6-7;2*1-3-6-8(5)7-4-2;;;;;/h2*11-21H,1-10H3;4*2-6H,1H3;2*3-4H2,1-2H3;;;;;/q2*-1;;;;;2*-1;2*+3;2*-2;+2/b2*22-17-,31-23?;;;;;;;;;;;. The van der Waals surface area contributed by atoms with Crippen molar-refractivity contribution in [3.8, 4) is 0 Å². The van der Waals surface area contributed by atoms with Gasteiger partial charge in [0.25, 0.3) is 0 Å². The van der Waals surface area contributed by atoms with Crippen molar-refractivity contribution in [3.63, 3.8) is 0 Å². The van der Waals surface area contributed by atoms with Gasteiger partial charge in [-0.25, -0.2) is 0 Å². The van der Waals surface area contributed by atoms with Crippen LogP contribution < -0.4 is 9.79 Å². The average molecular weight is 1660 g/mol. The van der Waals surface area contributed by atoms with E-state index in [1.54, 1.807) is 27.7 Å². The van der Waals surface area contributed by atoms with Crippen molar-refractivity contribution in [2.45, 2.75) is 241 Å². The Labute approximate surface area is 727 Å². The van der Waals surface area contributed by atoms with Gasteiger partial charge in [0, 0.05) is 37.9 Å². The van der Waals surface area contributed by atoms with Gasteiger partial charge in [-0.15, -0.1) is 11.4 Å². The second-order valence-electron chi connectivity index (χ2n) is 28.4. The summed E-state index contributed by atoms with van der Waals surface area (Å²) in [6, 6.07) is 67.3. The number of hydrogen-bond acceptors (Lipinski definition) is 8. The van der Waals surface area contributed by atoms with E-state index in [2.05, 4.69) is 318 Å². The van der Waals surface area contributed by atoms with Gasteiger partial charge in [0.05, 0.1) is 28.6 Å². The zero-order valence-corrected chi connectivity index (χ0v) is 81.6. The average Bonchev–Trinajstić information content (AvgIpc) is 0.830. The molecule has 596 valence electrons. The first-order chi connectivity index (χ1) is 50.2. The van der Waals surface area contributed by atoms with E-state index in [0.29, 0.717) is 73.8 Å². The molecule has 0 aliphatic heterocycles. The van der Waals surface area contributed by atoms with E-state index < -0.39 is 17.2 Å². The molecule has 0 amide bonds. The van der Waals surface area contributed by atoms with Crippen LogP contribution in [-0.4, -0.2) is 72.6 Å². The summed E-state index contributed by atoms with van der Waals surface area (Å²) in [5.74, 6) is 3.49. The number of rotatable bonds is 24. The van der Waals surface area contributed by atoms with Crippen LogP contribution in [0.4, 0.5) is 22.7 Å². The summed E-state index contributed by atoms with van der Waals surface area (Å²) in [7, 11) is -3.66. The van der Waals surface area contributed by atoms with Crippen molar-refractivity contribution in [1.29, 1.82) is 0 Å². The van der Waals surface area contributed by atoms with Gasteiger partial charge in [-0.05, 0) is 139 Å². The molecule has 0 heterocycles. The minimum atomic E-state index is -1.83. The maximum atomic E-state index is 10.3. The van der Waals surface area contributed by atoms with Gasteiger partial charge < -0.3 is 65.5 Å². The minimum absolute atomic E-state index is 0. The van der Waals surface area contributed by atoms with Crippen LogP contribution in [0.1, 0.15) is 280 Å². The van der Waals surface area contributed by atoms with Crippen molar-refractivity contribution in [2.75, 3.05) is 26.4 Å². The van der Waals surface area contributed by atoms with Crippen molar-refractivity contribution in [3.05, 3.63) is 295 Å². The number of aliphatic imine (C=N–C) groups is 2. The molecule has 0 atom stereocenters. The van der Waals surface area contributed by atoms with Crippen molar-refractivity contribution in [2.24, 2.45) is 9.98 Å². The SMILES string of the molecule is CC(/C=C(/C)[N-]c1c(C(C)C)cccc1C(C)C)=Nc1c(C(C)C)cccc1C(C)C.CC(/C=C(/C)[N-]c1c(C(C)C)cccc1C(C)C)=Nc1c(C(C)C)cccc1C(C)C.CCOP([O-])OCC.CCOP([O-])OCC.Cc1ccccc1.Cc1ccccc1.Cc1ccccc1.Cc1ccccc1.[Al+3].[Al+3].[S-2].[S-2].[Zn+2]. The van der Waals surface area contributed by atoms with Crippen LogP contribution in [-0.2, 0) is 64.6 Å². The fraction of sp³-hybridized carbons (Fsp3) is 0.426. The molecule has 0 spiro atoms. The van der Waals surface area contributed by atoms with E-state index in [4.69, 9.17) is 20.6 Å². The van der Waals surface area contributed by atoms with E-state index in [1.165, 1.54) is 66.8 Å². The van der Waals surface area contributed by atoms with Crippen molar-refractivity contribution >= 4 is 113 Å². The van der Waals surface area contributed by atoms with Crippen LogP contribution >= 0.6 is 17.2 Å². The van der Waals surface area contributed by atoms with Crippen LogP contribution in [0.3, 0.4) is 0 Å². The molecular weight excluding hydrogens is 1530 g/mol. The third kappa shape index (κ3) is 49.0. The zero-order chi connectivity index (χ0) is 79.8. The molecule has 0 aliphatic carbocycles. The number of benzene rings is 8. The predicted molar refractivity (Wildman–Crippen MR) is 489 cm³/mol. The Morgan fingerprint density at radius 2 is 0.486 bits per heavy atom. The molecule has 0 saturated heterocycles. The van der Waals surface area contributed by atoms with Gasteiger partial charge in [0.15, 0.2) is 0 Å². The fourth-order valence-electron chi connectivity index (χ4n) is 10.6. The monoisotopic (exact) mass is 1660 g/mol. The molecule has 8 rings (SSSR count). The molecule has 8 aromatic carbocycles. The maximum Gasteiger partial charge on any atom is 3.00 e. The molecule has 8 aromatic rings. The molecule has 0 fully saturated rings. The maximum absolute atomic E-state index is 10.3.